The predicted molar refractivity (Wildman–Crippen MR) is 126 cm³/mol. The van der Waals surface area contributed by atoms with Crippen LogP contribution >= 0.6 is 0 Å². The number of hydrogen-bond acceptors (Lipinski definition) is 6. The Bertz CT molecular complexity index is 1460. The average Bonchev–Trinajstić information content (AvgIpc) is 3.16. The first-order valence-electron chi connectivity index (χ1n) is 10.4. The van der Waals surface area contributed by atoms with Crippen LogP contribution in [0.2, 0.25) is 0 Å². The monoisotopic (exact) mass is 439 g/mol. The maximum absolute atomic E-state index is 12.8. The van der Waals surface area contributed by atoms with E-state index in [1.54, 1.807) is 31.4 Å². The molecule has 8 nitrogen and oxygen atoms in total. The minimum atomic E-state index is -0.374. The largest absolute Gasteiger partial charge is 0.497 e. The number of amides is 1. The zero-order valence-electron chi connectivity index (χ0n) is 18.1. The quantitative estimate of drug-likeness (QED) is 0.424. The summed E-state index contributed by atoms with van der Waals surface area (Å²) in [6.07, 6.45) is 0. The van der Waals surface area contributed by atoms with Gasteiger partial charge in [0.05, 0.1) is 25.3 Å². The van der Waals surface area contributed by atoms with Gasteiger partial charge < -0.3 is 14.0 Å². The molecule has 8 heteroatoms. The Kier molecular flexibility index (Phi) is 5.32. The molecule has 0 saturated heterocycles. The van der Waals surface area contributed by atoms with Crippen LogP contribution in [0.15, 0.2) is 72.8 Å². The Balaban J connectivity index is 1.60. The lowest BCUT2D eigenvalue weighted by molar-refractivity contribution is 0.102. The predicted octanol–water partition coefficient (Wildman–Crippen LogP) is 4.30. The van der Waals surface area contributed by atoms with Gasteiger partial charge in [-0.3, -0.25) is 10.1 Å². The molecule has 2 heterocycles. The molecule has 0 saturated carbocycles. The first-order valence-corrected chi connectivity index (χ1v) is 10.4. The van der Waals surface area contributed by atoms with Crippen LogP contribution in [0.3, 0.4) is 0 Å². The van der Waals surface area contributed by atoms with E-state index in [1.807, 2.05) is 36.4 Å². The van der Waals surface area contributed by atoms with Crippen LogP contribution < -0.4 is 14.8 Å². The van der Waals surface area contributed by atoms with E-state index in [9.17, 15) is 4.79 Å². The number of anilines is 1. The number of rotatable bonds is 6. The number of carbonyl (C=O) groups excluding carboxylic acids is 1. The summed E-state index contributed by atoms with van der Waals surface area (Å²) in [6.45, 7) is 0.589. The molecule has 0 atom stereocenters. The van der Waals surface area contributed by atoms with Crippen molar-refractivity contribution in [3.63, 3.8) is 0 Å². The number of carbonyl (C=O) groups is 1. The molecule has 3 aromatic carbocycles. The minimum absolute atomic E-state index is 0.113. The van der Waals surface area contributed by atoms with Gasteiger partial charge in [0.15, 0.2) is 5.65 Å². The Morgan fingerprint density at radius 3 is 2.52 bits per heavy atom. The summed E-state index contributed by atoms with van der Waals surface area (Å²) >= 11 is 0. The second kappa shape index (κ2) is 8.58. The van der Waals surface area contributed by atoms with E-state index in [1.165, 1.54) is 7.11 Å². The number of nitrogens with one attached hydrogen (secondary N) is 1. The van der Waals surface area contributed by atoms with Crippen molar-refractivity contribution in [2.75, 3.05) is 19.5 Å². The molecule has 0 bridgehead atoms. The smallest absolute Gasteiger partial charge is 0.261 e. The number of ether oxygens (including phenoxy) is 2. The molecular formula is C25H21N5O3. The molecule has 5 aromatic rings. The second-order valence-corrected chi connectivity index (χ2v) is 7.42. The summed E-state index contributed by atoms with van der Waals surface area (Å²) in [7, 11) is 3.15. The number of aromatic nitrogens is 4. The highest BCUT2D eigenvalue weighted by molar-refractivity contribution is 6.07. The molecule has 0 aliphatic carbocycles. The third-order valence-electron chi connectivity index (χ3n) is 5.43. The molecular weight excluding hydrogens is 418 g/mol. The van der Waals surface area contributed by atoms with Gasteiger partial charge in [0.1, 0.15) is 17.0 Å². The highest BCUT2D eigenvalue weighted by Gasteiger charge is 2.18. The van der Waals surface area contributed by atoms with Crippen molar-refractivity contribution >= 4 is 33.9 Å². The lowest BCUT2D eigenvalue weighted by Gasteiger charge is -2.09. The first-order chi connectivity index (χ1) is 16.2. The molecule has 0 fully saturated rings. The molecule has 33 heavy (non-hydrogen) atoms. The standard InChI is InChI=1S/C25H21N5O3/c1-32-17-12-13-20-19(14-17)22-23(30(20)15-16-8-4-3-5-9-16)26-25(29-28-22)27-24(31)18-10-6-7-11-21(18)33-2/h3-14H,15H2,1-2H3,(H,26,27,29,31). The van der Waals surface area contributed by atoms with Gasteiger partial charge in [-0.1, -0.05) is 42.5 Å². The van der Waals surface area contributed by atoms with Gasteiger partial charge in [-0.15, -0.1) is 10.2 Å². The third kappa shape index (κ3) is 3.82. The van der Waals surface area contributed by atoms with Gasteiger partial charge in [0.2, 0.25) is 0 Å². The fourth-order valence-corrected chi connectivity index (χ4v) is 3.84. The van der Waals surface area contributed by atoms with E-state index in [0.29, 0.717) is 29.0 Å². The Morgan fingerprint density at radius 2 is 1.73 bits per heavy atom. The van der Waals surface area contributed by atoms with Crippen molar-refractivity contribution in [2.24, 2.45) is 0 Å². The number of fused-ring (bicyclic) bond motifs is 3. The average molecular weight is 439 g/mol. The molecule has 1 amide bonds. The van der Waals surface area contributed by atoms with Crippen LogP contribution in [0.25, 0.3) is 22.1 Å². The summed E-state index contributed by atoms with van der Waals surface area (Å²) < 4.78 is 12.7. The molecule has 164 valence electrons. The molecule has 2 aromatic heterocycles. The summed E-state index contributed by atoms with van der Waals surface area (Å²) in [5.74, 6) is 0.925. The van der Waals surface area contributed by atoms with Crippen molar-refractivity contribution in [3.05, 3.63) is 83.9 Å². The molecule has 0 aliphatic rings. The van der Waals surface area contributed by atoms with E-state index >= 15 is 0 Å². The highest BCUT2D eigenvalue weighted by Crippen LogP contribution is 2.30. The number of benzene rings is 3. The van der Waals surface area contributed by atoms with Crippen molar-refractivity contribution in [1.29, 1.82) is 0 Å². The molecule has 0 aliphatic heterocycles. The van der Waals surface area contributed by atoms with E-state index in [-0.39, 0.29) is 11.9 Å². The first kappa shape index (κ1) is 20.4. The van der Waals surface area contributed by atoms with E-state index in [0.717, 1.165) is 22.2 Å². The van der Waals surface area contributed by atoms with Crippen LogP contribution in [-0.4, -0.2) is 39.9 Å². The van der Waals surface area contributed by atoms with Crippen molar-refractivity contribution in [1.82, 2.24) is 19.7 Å². The third-order valence-corrected chi connectivity index (χ3v) is 5.43. The fourth-order valence-electron chi connectivity index (χ4n) is 3.84. The van der Waals surface area contributed by atoms with Crippen LogP contribution in [0.4, 0.5) is 5.95 Å². The van der Waals surface area contributed by atoms with Crippen molar-refractivity contribution in [2.45, 2.75) is 6.54 Å². The molecule has 1 N–H and O–H groups in total. The summed E-state index contributed by atoms with van der Waals surface area (Å²) in [5.41, 5.74) is 3.70. The van der Waals surface area contributed by atoms with Crippen molar-refractivity contribution in [3.8, 4) is 11.5 Å². The zero-order chi connectivity index (χ0) is 22.8. The summed E-state index contributed by atoms with van der Waals surface area (Å²) in [4.78, 5) is 17.5. The fraction of sp³-hybridized carbons (Fsp3) is 0.120. The zero-order valence-corrected chi connectivity index (χ0v) is 18.1. The lowest BCUT2D eigenvalue weighted by Crippen LogP contribution is -2.16. The summed E-state index contributed by atoms with van der Waals surface area (Å²) in [5, 5.41) is 12.2. The topological polar surface area (TPSA) is 91.2 Å². The molecule has 0 radical (unpaired) electrons. The molecule has 0 spiro atoms. The number of nitrogens with zero attached hydrogens (tertiary/aromatic N) is 4. The number of hydrogen-bond donors (Lipinski definition) is 1. The van der Waals surface area contributed by atoms with Crippen molar-refractivity contribution < 1.29 is 14.3 Å². The minimum Gasteiger partial charge on any atom is -0.497 e. The van der Waals surface area contributed by atoms with Gasteiger partial charge in [-0.25, -0.2) is 0 Å². The number of methoxy groups -OCH3 is 2. The molecule has 5 rings (SSSR count). The number of para-hydroxylation sites is 1. The Morgan fingerprint density at radius 1 is 0.939 bits per heavy atom. The maximum atomic E-state index is 12.8. The van der Waals surface area contributed by atoms with Gasteiger partial charge in [0, 0.05) is 11.9 Å². The Labute approximate surface area is 189 Å². The van der Waals surface area contributed by atoms with Crippen LogP contribution in [-0.2, 0) is 6.54 Å². The highest BCUT2D eigenvalue weighted by atomic mass is 16.5. The normalized spacial score (nSPS) is 11.0. The van der Waals surface area contributed by atoms with Crippen LogP contribution in [0.1, 0.15) is 15.9 Å². The Hall–Kier alpha value is -4.46. The lowest BCUT2D eigenvalue weighted by atomic mass is 10.2. The SMILES string of the molecule is COc1ccc2c(c1)c1nnc(NC(=O)c3ccccc3OC)nc1n2Cc1ccccc1. The van der Waals surface area contributed by atoms with Gasteiger partial charge in [0.25, 0.3) is 11.9 Å². The maximum Gasteiger partial charge on any atom is 0.261 e. The van der Waals surface area contributed by atoms with Crippen LogP contribution in [0.5, 0.6) is 11.5 Å². The van der Waals surface area contributed by atoms with Gasteiger partial charge in [-0.2, -0.15) is 4.98 Å². The van der Waals surface area contributed by atoms with Gasteiger partial charge in [-0.05, 0) is 35.9 Å². The van der Waals surface area contributed by atoms with E-state index < -0.39 is 0 Å². The van der Waals surface area contributed by atoms with Gasteiger partial charge >= 0.3 is 0 Å². The second-order valence-electron chi connectivity index (χ2n) is 7.42. The summed E-state index contributed by atoms with van der Waals surface area (Å²) in [6, 6.07) is 22.9. The molecule has 0 unspecified atom stereocenters. The van der Waals surface area contributed by atoms with Crippen LogP contribution in [0, 0.1) is 0 Å². The van der Waals surface area contributed by atoms with E-state index in [4.69, 9.17) is 9.47 Å². The van der Waals surface area contributed by atoms with E-state index in [2.05, 4.69) is 37.2 Å².